The fraction of sp³-hybridized carbons (Fsp3) is 0.385. The molecule has 104 valence electrons. The molecule has 2 heterocycles. The van der Waals surface area contributed by atoms with Crippen LogP contribution in [-0.2, 0) is 5.54 Å². The minimum Gasteiger partial charge on any atom is -0.428 e. The topological polar surface area (TPSA) is 92.9 Å². The third-order valence-electron chi connectivity index (χ3n) is 3.35. The summed E-state index contributed by atoms with van der Waals surface area (Å²) in [6.07, 6.45) is 4.99. The lowest BCUT2D eigenvalue weighted by atomic mass is 10.2. The number of amides is 2. The molecule has 3 rings (SSSR count). The average Bonchev–Trinajstić information content (AvgIpc) is 3.13. The van der Waals surface area contributed by atoms with Gasteiger partial charge in [-0.15, -0.1) is 0 Å². The van der Waals surface area contributed by atoms with Gasteiger partial charge in [0, 0.05) is 12.4 Å². The van der Waals surface area contributed by atoms with Gasteiger partial charge in [-0.1, -0.05) is 0 Å². The monoisotopic (exact) mass is 273 g/mol. The number of aromatic nitrogens is 3. The lowest BCUT2D eigenvalue weighted by molar-refractivity contribution is 0.246. The largest absolute Gasteiger partial charge is 0.428 e. The van der Waals surface area contributed by atoms with E-state index in [1.54, 1.807) is 25.4 Å². The Morgan fingerprint density at radius 1 is 1.30 bits per heavy atom. The van der Waals surface area contributed by atoms with Gasteiger partial charge in [-0.05, 0) is 32.8 Å². The Balaban J connectivity index is 1.68. The molecule has 1 saturated carbocycles. The van der Waals surface area contributed by atoms with Gasteiger partial charge in [0.1, 0.15) is 11.3 Å². The SMILES string of the molecule is Cc1nc(NC(=O)NC2(c3ncccn3)CC2)oc1C. The maximum absolute atomic E-state index is 12.0. The number of carbonyl (C=O) groups excluding carboxylic acids is 1. The zero-order valence-corrected chi connectivity index (χ0v) is 11.3. The predicted molar refractivity (Wildman–Crippen MR) is 71.1 cm³/mol. The molecule has 0 radical (unpaired) electrons. The molecule has 1 aliphatic carbocycles. The number of urea groups is 1. The zero-order chi connectivity index (χ0) is 14.2. The Morgan fingerprint density at radius 2 is 2.00 bits per heavy atom. The summed E-state index contributed by atoms with van der Waals surface area (Å²) < 4.78 is 5.31. The van der Waals surface area contributed by atoms with Crippen LogP contribution in [0.3, 0.4) is 0 Å². The van der Waals surface area contributed by atoms with E-state index in [4.69, 9.17) is 4.42 Å². The van der Waals surface area contributed by atoms with Crippen molar-refractivity contribution < 1.29 is 9.21 Å². The lowest BCUT2D eigenvalue weighted by Gasteiger charge is -2.15. The van der Waals surface area contributed by atoms with E-state index in [1.165, 1.54) is 0 Å². The van der Waals surface area contributed by atoms with Crippen molar-refractivity contribution in [2.24, 2.45) is 0 Å². The highest BCUT2D eigenvalue weighted by Gasteiger charge is 2.48. The predicted octanol–water partition coefficient (Wildman–Crippen LogP) is 1.89. The first-order valence-corrected chi connectivity index (χ1v) is 6.40. The van der Waals surface area contributed by atoms with Crippen LogP contribution in [0.15, 0.2) is 22.9 Å². The molecule has 7 nitrogen and oxygen atoms in total. The number of hydrogen-bond acceptors (Lipinski definition) is 5. The standard InChI is InChI=1S/C13H15N5O2/c1-8-9(2)20-12(16-8)17-11(19)18-13(4-5-13)10-14-6-3-7-15-10/h3,6-7H,4-5H2,1-2H3,(H2,16,17,18,19). The summed E-state index contributed by atoms with van der Waals surface area (Å²) >= 11 is 0. The van der Waals surface area contributed by atoms with Gasteiger partial charge in [0.15, 0.2) is 5.82 Å². The van der Waals surface area contributed by atoms with Gasteiger partial charge in [-0.2, -0.15) is 4.98 Å². The Morgan fingerprint density at radius 3 is 2.55 bits per heavy atom. The summed E-state index contributed by atoms with van der Waals surface area (Å²) in [5.41, 5.74) is 0.301. The van der Waals surface area contributed by atoms with Gasteiger partial charge in [-0.3, -0.25) is 5.32 Å². The molecule has 0 atom stereocenters. The van der Waals surface area contributed by atoms with Crippen LogP contribution in [0.4, 0.5) is 10.8 Å². The Hall–Kier alpha value is -2.44. The molecule has 2 aromatic rings. The van der Waals surface area contributed by atoms with E-state index in [9.17, 15) is 4.79 Å². The molecule has 0 aromatic carbocycles. The lowest BCUT2D eigenvalue weighted by Crippen LogP contribution is -2.39. The molecule has 1 aliphatic rings. The first kappa shape index (κ1) is 12.6. The number of rotatable bonds is 3. The van der Waals surface area contributed by atoms with Crippen molar-refractivity contribution >= 4 is 12.0 Å². The van der Waals surface area contributed by atoms with E-state index in [0.29, 0.717) is 11.6 Å². The van der Waals surface area contributed by atoms with E-state index in [-0.39, 0.29) is 12.0 Å². The van der Waals surface area contributed by atoms with Crippen molar-refractivity contribution in [1.82, 2.24) is 20.3 Å². The van der Waals surface area contributed by atoms with Crippen molar-refractivity contribution in [3.8, 4) is 0 Å². The number of anilines is 1. The molecule has 1 fully saturated rings. The molecule has 7 heteroatoms. The second-order valence-corrected chi connectivity index (χ2v) is 4.89. The number of carbonyl (C=O) groups is 1. The number of nitrogens with one attached hydrogen (secondary N) is 2. The summed E-state index contributed by atoms with van der Waals surface area (Å²) in [4.78, 5) is 24.5. The third-order valence-corrected chi connectivity index (χ3v) is 3.35. The van der Waals surface area contributed by atoms with Gasteiger partial charge >= 0.3 is 12.0 Å². The Kier molecular flexibility index (Phi) is 2.89. The minimum atomic E-state index is -0.456. The summed E-state index contributed by atoms with van der Waals surface area (Å²) in [5.74, 6) is 1.32. The van der Waals surface area contributed by atoms with E-state index in [0.717, 1.165) is 18.5 Å². The van der Waals surface area contributed by atoms with Gasteiger partial charge in [0.05, 0.1) is 5.69 Å². The molecule has 20 heavy (non-hydrogen) atoms. The van der Waals surface area contributed by atoms with E-state index < -0.39 is 5.54 Å². The van der Waals surface area contributed by atoms with E-state index in [1.807, 2.05) is 6.92 Å². The summed E-state index contributed by atoms with van der Waals surface area (Å²) in [6, 6.07) is 1.58. The molecule has 2 N–H and O–H groups in total. The molecule has 0 unspecified atom stereocenters. The van der Waals surface area contributed by atoms with Crippen molar-refractivity contribution in [2.75, 3.05) is 5.32 Å². The minimum absolute atomic E-state index is 0.197. The van der Waals surface area contributed by atoms with Crippen molar-refractivity contribution in [2.45, 2.75) is 32.2 Å². The van der Waals surface area contributed by atoms with Crippen molar-refractivity contribution in [3.63, 3.8) is 0 Å². The van der Waals surface area contributed by atoms with Crippen molar-refractivity contribution in [1.29, 1.82) is 0 Å². The number of nitrogens with zero attached hydrogens (tertiary/aromatic N) is 3. The van der Waals surface area contributed by atoms with E-state index in [2.05, 4.69) is 25.6 Å². The second kappa shape index (κ2) is 4.59. The maximum Gasteiger partial charge on any atom is 0.323 e. The van der Waals surface area contributed by atoms with Crippen LogP contribution in [0.1, 0.15) is 30.1 Å². The normalized spacial score (nSPS) is 15.7. The molecule has 0 aliphatic heterocycles. The highest BCUT2D eigenvalue weighted by Crippen LogP contribution is 2.43. The quantitative estimate of drug-likeness (QED) is 0.890. The highest BCUT2D eigenvalue weighted by molar-refractivity contribution is 5.88. The smallest absolute Gasteiger partial charge is 0.323 e. The fourth-order valence-corrected chi connectivity index (χ4v) is 1.95. The Bertz CT molecular complexity index is 614. The fourth-order valence-electron chi connectivity index (χ4n) is 1.95. The first-order chi connectivity index (χ1) is 9.59. The van der Waals surface area contributed by atoms with Crippen LogP contribution >= 0.6 is 0 Å². The number of hydrogen-bond donors (Lipinski definition) is 2. The van der Waals surface area contributed by atoms with Gasteiger partial charge < -0.3 is 9.73 Å². The molecule has 0 bridgehead atoms. The summed E-state index contributed by atoms with van der Waals surface area (Å²) in [7, 11) is 0. The summed E-state index contributed by atoms with van der Waals surface area (Å²) in [5, 5.41) is 5.47. The van der Waals surface area contributed by atoms with Crippen LogP contribution < -0.4 is 10.6 Å². The summed E-state index contributed by atoms with van der Waals surface area (Å²) in [6.45, 7) is 3.62. The molecular weight excluding hydrogens is 258 g/mol. The average molecular weight is 273 g/mol. The second-order valence-electron chi connectivity index (χ2n) is 4.89. The molecule has 0 saturated heterocycles. The first-order valence-electron chi connectivity index (χ1n) is 6.40. The molecule has 0 spiro atoms. The van der Waals surface area contributed by atoms with Crippen LogP contribution in [-0.4, -0.2) is 21.0 Å². The van der Waals surface area contributed by atoms with E-state index >= 15 is 0 Å². The molecular formula is C13H15N5O2. The molecule has 2 aromatic heterocycles. The van der Waals surface area contributed by atoms with Gasteiger partial charge in [-0.25, -0.2) is 14.8 Å². The van der Waals surface area contributed by atoms with Crippen LogP contribution in [0.25, 0.3) is 0 Å². The Labute approximate surface area is 115 Å². The van der Waals surface area contributed by atoms with Crippen molar-refractivity contribution in [3.05, 3.63) is 35.7 Å². The number of aryl methyl sites for hydroxylation is 2. The van der Waals surface area contributed by atoms with Crippen LogP contribution in [0.2, 0.25) is 0 Å². The maximum atomic E-state index is 12.0. The van der Waals surface area contributed by atoms with Gasteiger partial charge in [0.25, 0.3) is 0 Å². The molecule has 2 amide bonds. The van der Waals surface area contributed by atoms with Crippen LogP contribution in [0.5, 0.6) is 0 Å². The van der Waals surface area contributed by atoms with Crippen LogP contribution in [0, 0.1) is 13.8 Å². The highest BCUT2D eigenvalue weighted by atomic mass is 16.4. The number of oxazole rings is 1. The zero-order valence-electron chi connectivity index (χ0n) is 11.3. The third kappa shape index (κ3) is 2.34. The van der Waals surface area contributed by atoms with Gasteiger partial charge in [0.2, 0.25) is 0 Å².